The Morgan fingerprint density at radius 1 is 1.00 bits per heavy atom. The van der Waals surface area contributed by atoms with Crippen molar-refractivity contribution in [3.63, 3.8) is 0 Å². The monoisotopic (exact) mass is 321 g/mol. The molecule has 0 spiro atoms. The molecule has 24 heavy (non-hydrogen) atoms. The van der Waals surface area contributed by atoms with Crippen molar-refractivity contribution in [1.29, 1.82) is 0 Å². The summed E-state index contributed by atoms with van der Waals surface area (Å²) < 4.78 is 5.83. The van der Waals surface area contributed by atoms with Gasteiger partial charge in [0.25, 0.3) is 0 Å². The molecule has 0 radical (unpaired) electrons. The van der Waals surface area contributed by atoms with Crippen molar-refractivity contribution in [2.75, 3.05) is 13.1 Å². The summed E-state index contributed by atoms with van der Waals surface area (Å²) in [5.74, 6) is 0.914. The lowest BCUT2D eigenvalue weighted by Gasteiger charge is -2.25. The molecule has 1 fully saturated rings. The van der Waals surface area contributed by atoms with Crippen LogP contribution in [-0.4, -0.2) is 23.9 Å². The maximum Gasteiger partial charge on any atom is 0.246 e. The maximum atomic E-state index is 12.2. The normalized spacial score (nSPS) is 14.8. The lowest BCUT2D eigenvalue weighted by atomic mass is 10.1. The lowest BCUT2D eigenvalue weighted by molar-refractivity contribution is -0.126. The molecule has 0 N–H and O–H groups in total. The standard InChI is InChI=1S/C21H23NO2/c23-21(22-14-5-2-6-15-22)13-12-18-10-7-11-20(16-18)24-17-19-8-3-1-4-9-19/h1,3-4,7-13,16H,2,5-6,14-15,17H2/b13-12+. The number of rotatable bonds is 5. The van der Waals surface area contributed by atoms with Crippen LogP contribution >= 0.6 is 0 Å². The van der Waals surface area contributed by atoms with Crippen molar-refractivity contribution >= 4 is 12.0 Å². The van der Waals surface area contributed by atoms with Crippen LogP contribution in [-0.2, 0) is 11.4 Å². The van der Waals surface area contributed by atoms with Crippen LogP contribution < -0.4 is 4.74 Å². The van der Waals surface area contributed by atoms with Gasteiger partial charge in [0.2, 0.25) is 5.91 Å². The fraction of sp³-hybridized carbons (Fsp3) is 0.286. The van der Waals surface area contributed by atoms with Crippen LogP contribution in [0.2, 0.25) is 0 Å². The minimum absolute atomic E-state index is 0.102. The molecule has 124 valence electrons. The van der Waals surface area contributed by atoms with E-state index >= 15 is 0 Å². The SMILES string of the molecule is O=C(/C=C/c1cccc(OCc2ccccc2)c1)N1CCCCC1. The van der Waals surface area contributed by atoms with Crippen molar-refractivity contribution in [3.8, 4) is 5.75 Å². The molecular formula is C21H23NO2. The van der Waals surface area contributed by atoms with Gasteiger partial charge in [0.1, 0.15) is 12.4 Å². The summed E-state index contributed by atoms with van der Waals surface area (Å²) in [4.78, 5) is 14.1. The van der Waals surface area contributed by atoms with Crippen molar-refractivity contribution < 1.29 is 9.53 Å². The zero-order chi connectivity index (χ0) is 16.6. The Bertz CT molecular complexity index is 688. The first-order valence-corrected chi connectivity index (χ1v) is 8.55. The summed E-state index contributed by atoms with van der Waals surface area (Å²) in [6.07, 6.45) is 6.99. The van der Waals surface area contributed by atoms with Crippen molar-refractivity contribution in [1.82, 2.24) is 4.90 Å². The number of carbonyl (C=O) groups is 1. The molecule has 1 saturated heterocycles. The van der Waals surface area contributed by atoms with Crippen LogP contribution in [0.3, 0.4) is 0 Å². The highest BCUT2D eigenvalue weighted by Gasteiger charge is 2.13. The molecule has 2 aromatic rings. The first-order valence-electron chi connectivity index (χ1n) is 8.55. The zero-order valence-corrected chi connectivity index (χ0v) is 13.9. The van der Waals surface area contributed by atoms with Crippen LogP contribution in [0.1, 0.15) is 30.4 Å². The predicted octanol–water partition coefficient (Wildman–Crippen LogP) is 4.29. The summed E-state index contributed by atoms with van der Waals surface area (Å²) >= 11 is 0. The third-order valence-electron chi connectivity index (χ3n) is 4.19. The molecule has 3 heteroatoms. The molecule has 1 heterocycles. The first-order chi connectivity index (χ1) is 11.8. The number of amides is 1. The maximum absolute atomic E-state index is 12.2. The van der Waals surface area contributed by atoms with Gasteiger partial charge in [0.15, 0.2) is 0 Å². The second kappa shape index (κ2) is 8.34. The largest absolute Gasteiger partial charge is 0.489 e. The number of piperidine rings is 1. The van der Waals surface area contributed by atoms with Gasteiger partial charge in [0, 0.05) is 19.2 Å². The van der Waals surface area contributed by atoms with E-state index in [0.717, 1.165) is 42.8 Å². The summed E-state index contributed by atoms with van der Waals surface area (Å²) in [6.45, 7) is 2.30. The Balaban J connectivity index is 1.58. The summed E-state index contributed by atoms with van der Waals surface area (Å²) in [5.41, 5.74) is 2.12. The van der Waals surface area contributed by atoms with Crippen molar-refractivity contribution in [2.24, 2.45) is 0 Å². The fourth-order valence-corrected chi connectivity index (χ4v) is 2.84. The second-order valence-corrected chi connectivity index (χ2v) is 6.07. The van der Waals surface area contributed by atoms with E-state index < -0.39 is 0 Å². The van der Waals surface area contributed by atoms with Crippen molar-refractivity contribution in [2.45, 2.75) is 25.9 Å². The van der Waals surface area contributed by atoms with Crippen LogP contribution in [0.15, 0.2) is 60.7 Å². The zero-order valence-electron chi connectivity index (χ0n) is 13.9. The van der Waals surface area contributed by atoms with Crippen LogP contribution in [0.5, 0.6) is 5.75 Å². The third kappa shape index (κ3) is 4.72. The Kier molecular flexibility index (Phi) is 5.67. The quantitative estimate of drug-likeness (QED) is 0.769. The summed E-state index contributed by atoms with van der Waals surface area (Å²) in [7, 11) is 0. The minimum Gasteiger partial charge on any atom is -0.489 e. The van der Waals surface area contributed by atoms with E-state index in [1.165, 1.54) is 6.42 Å². The van der Waals surface area contributed by atoms with Crippen LogP contribution in [0.25, 0.3) is 6.08 Å². The number of nitrogens with zero attached hydrogens (tertiary/aromatic N) is 1. The molecule has 1 aliphatic heterocycles. The molecule has 2 aromatic carbocycles. The molecule has 0 aliphatic carbocycles. The first kappa shape index (κ1) is 16.3. The summed E-state index contributed by atoms with van der Waals surface area (Å²) in [5, 5.41) is 0. The Hall–Kier alpha value is -2.55. The number of hydrogen-bond donors (Lipinski definition) is 0. The average Bonchev–Trinajstić information content (AvgIpc) is 2.66. The van der Waals surface area contributed by atoms with E-state index in [2.05, 4.69) is 0 Å². The molecule has 1 aliphatic rings. The molecule has 0 saturated carbocycles. The van der Waals surface area contributed by atoms with E-state index in [1.54, 1.807) is 6.08 Å². The number of likely N-dealkylation sites (tertiary alicyclic amines) is 1. The topological polar surface area (TPSA) is 29.5 Å². The highest BCUT2D eigenvalue weighted by atomic mass is 16.5. The van der Waals surface area contributed by atoms with E-state index in [9.17, 15) is 4.79 Å². The Morgan fingerprint density at radius 3 is 2.58 bits per heavy atom. The molecule has 3 rings (SSSR count). The molecule has 0 bridgehead atoms. The van der Waals surface area contributed by atoms with E-state index in [4.69, 9.17) is 4.74 Å². The smallest absolute Gasteiger partial charge is 0.246 e. The van der Waals surface area contributed by atoms with Gasteiger partial charge in [-0.3, -0.25) is 4.79 Å². The van der Waals surface area contributed by atoms with Gasteiger partial charge in [-0.25, -0.2) is 0 Å². The number of carbonyl (C=O) groups excluding carboxylic acids is 1. The number of ether oxygens (including phenoxy) is 1. The Labute approximate surface area is 143 Å². The van der Waals surface area contributed by atoms with Gasteiger partial charge in [0.05, 0.1) is 0 Å². The minimum atomic E-state index is 0.102. The van der Waals surface area contributed by atoms with Crippen LogP contribution in [0, 0.1) is 0 Å². The van der Waals surface area contributed by atoms with Gasteiger partial charge in [-0.15, -0.1) is 0 Å². The molecule has 0 unspecified atom stereocenters. The fourth-order valence-electron chi connectivity index (χ4n) is 2.84. The second-order valence-electron chi connectivity index (χ2n) is 6.07. The Morgan fingerprint density at radius 2 is 1.79 bits per heavy atom. The molecule has 0 atom stereocenters. The van der Waals surface area contributed by atoms with E-state index in [1.807, 2.05) is 65.6 Å². The lowest BCUT2D eigenvalue weighted by Crippen LogP contribution is -2.34. The molecular weight excluding hydrogens is 298 g/mol. The number of hydrogen-bond acceptors (Lipinski definition) is 2. The highest BCUT2D eigenvalue weighted by molar-refractivity contribution is 5.91. The van der Waals surface area contributed by atoms with E-state index in [-0.39, 0.29) is 5.91 Å². The van der Waals surface area contributed by atoms with Crippen LogP contribution in [0.4, 0.5) is 0 Å². The third-order valence-corrected chi connectivity index (χ3v) is 4.19. The molecule has 3 nitrogen and oxygen atoms in total. The van der Waals surface area contributed by atoms with Gasteiger partial charge in [-0.1, -0.05) is 42.5 Å². The molecule has 0 aromatic heterocycles. The molecule has 1 amide bonds. The summed E-state index contributed by atoms with van der Waals surface area (Å²) in [6, 6.07) is 17.9. The van der Waals surface area contributed by atoms with Gasteiger partial charge in [-0.05, 0) is 48.6 Å². The van der Waals surface area contributed by atoms with E-state index in [0.29, 0.717) is 6.61 Å². The van der Waals surface area contributed by atoms with Gasteiger partial charge < -0.3 is 9.64 Å². The van der Waals surface area contributed by atoms with Gasteiger partial charge in [-0.2, -0.15) is 0 Å². The van der Waals surface area contributed by atoms with Gasteiger partial charge >= 0.3 is 0 Å². The predicted molar refractivity (Wildman–Crippen MR) is 96.7 cm³/mol. The highest BCUT2D eigenvalue weighted by Crippen LogP contribution is 2.17. The van der Waals surface area contributed by atoms with Crippen molar-refractivity contribution in [3.05, 3.63) is 71.8 Å². The number of benzene rings is 2. The average molecular weight is 321 g/mol.